The van der Waals surface area contributed by atoms with Gasteiger partial charge in [-0.2, -0.15) is 0 Å². The van der Waals surface area contributed by atoms with Gasteiger partial charge in [0.05, 0.1) is 25.6 Å². The highest BCUT2D eigenvalue weighted by atomic mass is 16.5. The van der Waals surface area contributed by atoms with Crippen LogP contribution in [0.4, 0.5) is 11.4 Å². The summed E-state index contributed by atoms with van der Waals surface area (Å²) in [5, 5.41) is 3.01. The van der Waals surface area contributed by atoms with E-state index in [0.717, 1.165) is 24.5 Å². The maximum absolute atomic E-state index is 12.9. The van der Waals surface area contributed by atoms with Gasteiger partial charge in [0.25, 0.3) is 5.91 Å². The molecule has 0 aromatic heterocycles. The summed E-state index contributed by atoms with van der Waals surface area (Å²) in [6.07, 6.45) is 0. The second-order valence-corrected chi connectivity index (χ2v) is 7.54. The number of anilines is 2. The summed E-state index contributed by atoms with van der Waals surface area (Å²) in [6.45, 7) is 6.63. The molecule has 1 N–H and O–H groups in total. The zero-order chi connectivity index (χ0) is 21.7. The van der Waals surface area contributed by atoms with E-state index in [9.17, 15) is 9.59 Å². The van der Waals surface area contributed by atoms with Crippen molar-refractivity contribution >= 4 is 23.2 Å². The van der Waals surface area contributed by atoms with Crippen LogP contribution in [0.5, 0.6) is 11.5 Å². The molecule has 1 fully saturated rings. The summed E-state index contributed by atoms with van der Waals surface area (Å²) in [6, 6.07) is 12.8. The average molecular weight is 412 g/mol. The summed E-state index contributed by atoms with van der Waals surface area (Å²) >= 11 is 0. The summed E-state index contributed by atoms with van der Waals surface area (Å²) in [4.78, 5) is 29.3. The Bertz CT molecular complexity index is 883. The summed E-state index contributed by atoms with van der Waals surface area (Å²) in [5.74, 6) is 1.05. The lowest BCUT2D eigenvalue weighted by molar-refractivity contribution is -0.134. The van der Waals surface area contributed by atoms with E-state index >= 15 is 0 Å². The third kappa shape index (κ3) is 4.84. The number of methoxy groups -OCH3 is 2. The van der Waals surface area contributed by atoms with E-state index in [4.69, 9.17) is 9.47 Å². The molecule has 7 nitrogen and oxygen atoms in total. The highest BCUT2D eigenvalue weighted by Gasteiger charge is 2.24. The van der Waals surface area contributed by atoms with Crippen LogP contribution in [0.25, 0.3) is 0 Å². The predicted molar refractivity (Wildman–Crippen MR) is 118 cm³/mol. The first-order chi connectivity index (χ1) is 14.4. The Labute approximate surface area is 177 Å². The van der Waals surface area contributed by atoms with Gasteiger partial charge >= 0.3 is 0 Å². The van der Waals surface area contributed by atoms with Crippen LogP contribution in [0.3, 0.4) is 0 Å². The first kappa shape index (κ1) is 21.5. The number of hydrogen-bond acceptors (Lipinski definition) is 5. The third-order valence-electron chi connectivity index (χ3n) is 5.19. The van der Waals surface area contributed by atoms with Crippen molar-refractivity contribution in [3.8, 4) is 11.5 Å². The molecule has 0 bridgehead atoms. The fourth-order valence-electron chi connectivity index (χ4n) is 3.52. The number of ether oxygens (including phenoxy) is 2. The Hall–Kier alpha value is -3.22. The van der Waals surface area contributed by atoms with Crippen LogP contribution in [0.1, 0.15) is 24.2 Å². The lowest BCUT2D eigenvalue weighted by atomic mass is 10.1. The number of benzene rings is 2. The molecule has 160 valence electrons. The highest BCUT2D eigenvalue weighted by Crippen LogP contribution is 2.29. The third-order valence-corrected chi connectivity index (χ3v) is 5.19. The minimum Gasteiger partial charge on any atom is -0.497 e. The van der Waals surface area contributed by atoms with Gasteiger partial charge in [0.15, 0.2) is 0 Å². The molecule has 2 aromatic rings. The Morgan fingerprint density at radius 3 is 2.10 bits per heavy atom. The quantitative estimate of drug-likeness (QED) is 0.790. The van der Waals surface area contributed by atoms with Gasteiger partial charge in [-0.3, -0.25) is 9.59 Å². The smallest absolute Gasteiger partial charge is 0.255 e. The molecule has 1 heterocycles. The number of piperazine rings is 1. The van der Waals surface area contributed by atoms with Crippen molar-refractivity contribution in [1.29, 1.82) is 0 Å². The van der Waals surface area contributed by atoms with E-state index in [1.54, 1.807) is 32.4 Å². The highest BCUT2D eigenvalue weighted by molar-refractivity contribution is 6.06. The zero-order valence-corrected chi connectivity index (χ0v) is 18.0. The number of para-hydroxylation sites is 2. The molecule has 30 heavy (non-hydrogen) atoms. The van der Waals surface area contributed by atoms with Crippen LogP contribution >= 0.6 is 0 Å². The Balaban J connectivity index is 1.75. The Kier molecular flexibility index (Phi) is 6.82. The average Bonchev–Trinajstić information content (AvgIpc) is 2.78. The molecule has 0 spiro atoms. The first-order valence-corrected chi connectivity index (χ1v) is 10.1. The monoisotopic (exact) mass is 411 g/mol. The number of rotatable bonds is 6. The molecule has 1 aliphatic heterocycles. The Morgan fingerprint density at radius 1 is 0.933 bits per heavy atom. The van der Waals surface area contributed by atoms with Crippen LogP contribution in [0.15, 0.2) is 42.5 Å². The standard InChI is InChI=1S/C23H29N3O4/c1-16(2)23(28)26-11-9-25(10-12-26)21-8-6-5-7-20(21)24-22(27)17-13-18(29-3)15-19(14-17)30-4/h5-8,13-16H,9-12H2,1-4H3,(H,24,27). The minimum absolute atomic E-state index is 0.00276. The van der Waals surface area contributed by atoms with Gasteiger partial charge in [-0.25, -0.2) is 0 Å². The molecule has 7 heteroatoms. The van der Waals surface area contributed by atoms with Crippen LogP contribution in [0, 0.1) is 5.92 Å². The van der Waals surface area contributed by atoms with Gasteiger partial charge in [-0.15, -0.1) is 0 Å². The fraction of sp³-hybridized carbons (Fsp3) is 0.391. The van der Waals surface area contributed by atoms with Crippen LogP contribution in [-0.2, 0) is 4.79 Å². The normalized spacial score (nSPS) is 13.9. The van der Waals surface area contributed by atoms with Gasteiger partial charge in [-0.05, 0) is 24.3 Å². The van der Waals surface area contributed by atoms with Gasteiger partial charge in [0.2, 0.25) is 5.91 Å². The van der Waals surface area contributed by atoms with Crippen LogP contribution in [0.2, 0.25) is 0 Å². The topological polar surface area (TPSA) is 71.1 Å². The maximum atomic E-state index is 12.9. The number of nitrogens with one attached hydrogen (secondary N) is 1. The van der Waals surface area contributed by atoms with E-state index in [1.165, 1.54) is 0 Å². The van der Waals surface area contributed by atoms with Gasteiger partial charge < -0.3 is 24.6 Å². The molecular formula is C23H29N3O4. The van der Waals surface area contributed by atoms with Crippen molar-refractivity contribution in [3.05, 3.63) is 48.0 Å². The number of carbonyl (C=O) groups is 2. The maximum Gasteiger partial charge on any atom is 0.255 e. The molecule has 1 aliphatic rings. The van der Waals surface area contributed by atoms with Gasteiger partial charge in [0.1, 0.15) is 11.5 Å². The Morgan fingerprint density at radius 2 is 1.53 bits per heavy atom. The summed E-state index contributed by atoms with van der Waals surface area (Å²) in [7, 11) is 3.10. The second-order valence-electron chi connectivity index (χ2n) is 7.54. The first-order valence-electron chi connectivity index (χ1n) is 10.1. The van der Waals surface area contributed by atoms with E-state index in [-0.39, 0.29) is 17.7 Å². The largest absolute Gasteiger partial charge is 0.497 e. The molecule has 2 amide bonds. The minimum atomic E-state index is -0.242. The molecular weight excluding hydrogens is 382 g/mol. The fourth-order valence-corrected chi connectivity index (χ4v) is 3.52. The lowest BCUT2D eigenvalue weighted by Crippen LogP contribution is -2.50. The zero-order valence-electron chi connectivity index (χ0n) is 18.0. The SMILES string of the molecule is COc1cc(OC)cc(C(=O)Nc2ccccc2N2CCN(C(=O)C(C)C)CC2)c1. The van der Waals surface area contributed by atoms with Crippen molar-refractivity contribution in [1.82, 2.24) is 4.90 Å². The molecule has 0 saturated carbocycles. The summed E-state index contributed by atoms with van der Waals surface area (Å²) in [5.41, 5.74) is 2.12. The molecule has 0 unspecified atom stereocenters. The van der Waals surface area contributed by atoms with Crippen molar-refractivity contribution in [2.24, 2.45) is 5.92 Å². The summed E-state index contributed by atoms with van der Waals surface area (Å²) < 4.78 is 10.5. The predicted octanol–water partition coefficient (Wildman–Crippen LogP) is 3.26. The molecule has 0 radical (unpaired) electrons. The number of nitrogens with zero attached hydrogens (tertiary/aromatic N) is 2. The number of hydrogen-bond donors (Lipinski definition) is 1. The lowest BCUT2D eigenvalue weighted by Gasteiger charge is -2.37. The molecule has 3 rings (SSSR count). The van der Waals surface area contributed by atoms with Crippen LogP contribution < -0.4 is 19.7 Å². The molecule has 0 aliphatic carbocycles. The molecule has 0 atom stereocenters. The van der Waals surface area contributed by atoms with E-state index in [0.29, 0.717) is 30.2 Å². The number of carbonyl (C=O) groups excluding carboxylic acids is 2. The number of amides is 2. The van der Waals surface area contributed by atoms with Crippen LogP contribution in [-0.4, -0.2) is 57.1 Å². The van der Waals surface area contributed by atoms with Crippen molar-refractivity contribution in [3.63, 3.8) is 0 Å². The van der Waals surface area contributed by atoms with Gasteiger partial charge in [0, 0.05) is 43.7 Å². The molecule has 1 saturated heterocycles. The van der Waals surface area contributed by atoms with Crippen molar-refractivity contribution in [2.45, 2.75) is 13.8 Å². The van der Waals surface area contributed by atoms with Gasteiger partial charge in [-0.1, -0.05) is 26.0 Å². The van der Waals surface area contributed by atoms with E-state index in [2.05, 4.69) is 10.2 Å². The second kappa shape index (κ2) is 9.52. The van der Waals surface area contributed by atoms with Crippen molar-refractivity contribution < 1.29 is 19.1 Å². The van der Waals surface area contributed by atoms with E-state index in [1.807, 2.05) is 43.0 Å². The van der Waals surface area contributed by atoms with E-state index < -0.39 is 0 Å². The molecule has 2 aromatic carbocycles. The van der Waals surface area contributed by atoms with Crippen molar-refractivity contribution in [2.75, 3.05) is 50.6 Å².